The Balaban J connectivity index is 2.29. The number of hydrogen-bond donors (Lipinski definition) is 1. The maximum absolute atomic E-state index is 12.4. The van der Waals surface area contributed by atoms with Gasteiger partial charge in [-0.1, -0.05) is 31.5 Å². The molecule has 1 saturated heterocycles. The van der Waals surface area contributed by atoms with E-state index in [9.17, 15) is 13.5 Å². The fourth-order valence-electron chi connectivity index (χ4n) is 2.33. The summed E-state index contributed by atoms with van der Waals surface area (Å²) >= 11 is 0. The average Bonchev–Trinajstić information content (AvgIpc) is 2.72. The van der Waals surface area contributed by atoms with E-state index >= 15 is 0 Å². The number of sulfone groups is 1. The first-order valence-corrected chi connectivity index (χ1v) is 7.99. The number of hydrogen-bond acceptors (Lipinski definition) is 4. The van der Waals surface area contributed by atoms with Gasteiger partial charge in [0.05, 0.1) is 11.5 Å². The molecule has 1 aliphatic heterocycles. The van der Waals surface area contributed by atoms with Crippen molar-refractivity contribution in [3.63, 3.8) is 0 Å². The fourth-order valence-corrected chi connectivity index (χ4v) is 3.94. The van der Waals surface area contributed by atoms with Crippen LogP contribution in [0, 0.1) is 18.8 Å². The van der Waals surface area contributed by atoms with E-state index in [0.717, 1.165) is 5.56 Å². The predicted molar refractivity (Wildman–Crippen MR) is 72.4 cm³/mol. The molecule has 1 aliphatic rings. The van der Waals surface area contributed by atoms with E-state index in [4.69, 9.17) is 4.74 Å². The van der Waals surface area contributed by atoms with Crippen LogP contribution in [-0.2, 0) is 14.6 Å². The number of benzene rings is 1. The minimum absolute atomic E-state index is 0.134. The summed E-state index contributed by atoms with van der Waals surface area (Å²) in [5.41, 5.74) is -0.158. The van der Waals surface area contributed by atoms with Crippen molar-refractivity contribution in [2.24, 2.45) is 11.8 Å². The standard InChI is InChI=1S/C14H20O4S/c1-9(2)12-8-18-14(13(12)15)19(16,17)11-6-4-10(3)5-7-11/h4-7,9,12-15H,8H2,1-3H3/t12-,13+,14-/m0/s1. The van der Waals surface area contributed by atoms with Crippen molar-refractivity contribution in [3.8, 4) is 0 Å². The third-order valence-electron chi connectivity index (χ3n) is 3.68. The molecule has 19 heavy (non-hydrogen) atoms. The Morgan fingerprint density at radius 3 is 2.32 bits per heavy atom. The van der Waals surface area contributed by atoms with E-state index < -0.39 is 21.4 Å². The fraction of sp³-hybridized carbons (Fsp3) is 0.571. The second kappa shape index (κ2) is 5.23. The molecule has 5 heteroatoms. The molecule has 1 N–H and O–H groups in total. The Hall–Kier alpha value is -0.910. The van der Waals surface area contributed by atoms with Gasteiger partial charge in [-0.2, -0.15) is 0 Å². The summed E-state index contributed by atoms with van der Waals surface area (Å²) in [5, 5.41) is 10.2. The van der Waals surface area contributed by atoms with E-state index in [1.54, 1.807) is 24.3 Å². The predicted octanol–water partition coefficient (Wildman–Crippen LogP) is 1.76. The van der Waals surface area contributed by atoms with Gasteiger partial charge >= 0.3 is 0 Å². The zero-order valence-electron chi connectivity index (χ0n) is 11.4. The van der Waals surface area contributed by atoms with Crippen LogP contribution in [0.4, 0.5) is 0 Å². The lowest BCUT2D eigenvalue weighted by atomic mass is 9.93. The van der Waals surface area contributed by atoms with E-state index in [1.807, 2.05) is 20.8 Å². The molecule has 106 valence electrons. The summed E-state index contributed by atoms with van der Waals surface area (Å²) in [6.07, 6.45) is -0.966. The molecule has 0 bridgehead atoms. The van der Waals surface area contributed by atoms with Gasteiger partial charge < -0.3 is 9.84 Å². The molecular weight excluding hydrogens is 264 g/mol. The molecule has 4 nitrogen and oxygen atoms in total. The zero-order valence-corrected chi connectivity index (χ0v) is 12.2. The normalized spacial score (nSPS) is 27.9. The second-order valence-electron chi connectivity index (χ2n) is 5.46. The van der Waals surface area contributed by atoms with E-state index in [0.29, 0.717) is 0 Å². The Morgan fingerprint density at radius 2 is 1.84 bits per heavy atom. The molecule has 0 aliphatic carbocycles. The summed E-state index contributed by atoms with van der Waals surface area (Å²) in [4.78, 5) is 0.201. The maximum atomic E-state index is 12.4. The third-order valence-corrected chi connectivity index (χ3v) is 5.64. The summed E-state index contributed by atoms with van der Waals surface area (Å²) in [6, 6.07) is 6.61. The van der Waals surface area contributed by atoms with E-state index in [2.05, 4.69) is 0 Å². The SMILES string of the molecule is Cc1ccc(S(=O)(=O)[C@@H]2OC[C@@H](C(C)C)[C@H]2O)cc1. The van der Waals surface area contributed by atoms with Gasteiger partial charge in [-0.25, -0.2) is 8.42 Å². The van der Waals surface area contributed by atoms with Crippen molar-refractivity contribution < 1.29 is 18.3 Å². The molecule has 0 spiro atoms. The van der Waals surface area contributed by atoms with Crippen molar-refractivity contribution >= 4 is 9.84 Å². The van der Waals surface area contributed by atoms with Crippen molar-refractivity contribution in [1.82, 2.24) is 0 Å². The van der Waals surface area contributed by atoms with Gasteiger partial charge in [-0.15, -0.1) is 0 Å². The van der Waals surface area contributed by atoms with Crippen LogP contribution in [-0.4, -0.2) is 31.7 Å². The molecule has 2 rings (SSSR count). The molecule has 0 saturated carbocycles. The smallest absolute Gasteiger partial charge is 0.207 e. The molecule has 3 atom stereocenters. The molecule has 0 aromatic heterocycles. The highest BCUT2D eigenvalue weighted by atomic mass is 32.2. The Bertz CT molecular complexity index is 533. The highest BCUT2D eigenvalue weighted by Gasteiger charge is 2.45. The third kappa shape index (κ3) is 2.68. The average molecular weight is 284 g/mol. The summed E-state index contributed by atoms with van der Waals surface area (Å²) in [7, 11) is -3.64. The van der Waals surface area contributed by atoms with Crippen LogP contribution in [0.3, 0.4) is 0 Å². The summed E-state index contributed by atoms with van der Waals surface area (Å²) < 4.78 is 30.2. The number of ether oxygens (including phenoxy) is 1. The van der Waals surface area contributed by atoms with Crippen LogP contribution in [0.1, 0.15) is 19.4 Å². The zero-order chi connectivity index (χ0) is 14.2. The number of aliphatic hydroxyl groups is 1. The highest BCUT2D eigenvalue weighted by molar-refractivity contribution is 7.92. The van der Waals surface area contributed by atoms with Crippen LogP contribution in [0.5, 0.6) is 0 Å². The van der Waals surface area contributed by atoms with Crippen molar-refractivity contribution in [2.75, 3.05) is 6.61 Å². The van der Waals surface area contributed by atoms with Crippen LogP contribution in [0.2, 0.25) is 0 Å². The molecular formula is C14H20O4S. The largest absolute Gasteiger partial charge is 0.389 e. The number of aryl methyl sites for hydroxylation is 1. The molecule has 1 aromatic carbocycles. The summed E-state index contributed by atoms with van der Waals surface area (Å²) in [5.74, 6) is 0.0541. The highest BCUT2D eigenvalue weighted by Crippen LogP contribution is 2.32. The molecule has 1 aromatic rings. The van der Waals surface area contributed by atoms with Crippen LogP contribution in [0.25, 0.3) is 0 Å². The first-order valence-electron chi connectivity index (χ1n) is 6.44. The maximum Gasteiger partial charge on any atom is 0.207 e. The van der Waals surface area contributed by atoms with E-state index in [1.165, 1.54) is 0 Å². The van der Waals surface area contributed by atoms with Gasteiger partial charge in [0.2, 0.25) is 9.84 Å². The van der Waals surface area contributed by atoms with E-state index in [-0.39, 0.29) is 23.3 Å². The quantitative estimate of drug-likeness (QED) is 0.918. The molecule has 0 amide bonds. The van der Waals surface area contributed by atoms with Crippen molar-refractivity contribution in [2.45, 2.75) is 37.2 Å². The Morgan fingerprint density at radius 1 is 1.26 bits per heavy atom. The lowest BCUT2D eigenvalue weighted by molar-refractivity contribution is 0.0845. The lowest BCUT2D eigenvalue weighted by Gasteiger charge is -2.20. The minimum atomic E-state index is -3.64. The van der Waals surface area contributed by atoms with Gasteiger partial charge in [-0.3, -0.25) is 0 Å². The van der Waals surface area contributed by atoms with Crippen LogP contribution in [0.15, 0.2) is 29.2 Å². The Labute approximate surface area is 114 Å². The molecule has 0 unspecified atom stereocenters. The number of rotatable bonds is 3. The monoisotopic (exact) mass is 284 g/mol. The molecule has 1 heterocycles. The minimum Gasteiger partial charge on any atom is -0.389 e. The van der Waals surface area contributed by atoms with Gasteiger partial charge in [-0.05, 0) is 25.0 Å². The Kier molecular flexibility index (Phi) is 3.99. The number of aliphatic hydroxyl groups excluding tert-OH is 1. The van der Waals surface area contributed by atoms with Crippen LogP contribution < -0.4 is 0 Å². The van der Waals surface area contributed by atoms with Crippen molar-refractivity contribution in [3.05, 3.63) is 29.8 Å². The van der Waals surface area contributed by atoms with Gasteiger partial charge in [0.25, 0.3) is 0 Å². The van der Waals surface area contributed by atoms with Crippen molar-refractivity contribution in [1.29, 1.82) is 0 Å². The molecule has 1 fully saturated rings. The van der Waals surface area contributed by atoms with Gasteiger partial charge in [0.1, 0.15) is 6.10 Å². The first-order chi connectivity index (χ1) is 8.84. The topological polar surface area (TPSA) is 63.6 Å². The lowest BCUT2D eigenvalue weighted by Crippen LogP contribution is -2.35. The molecule has 0 radical (unpaired) electrons. The second-order valence-corrected chi connectivity index (χ2v) is 7.48. The van der Waals surface area contributed by atoms with Gasteiger partial charge in [0, 0.05) is 5.92 Å². The van der Waals surface area contributed by atoms with Gasteiger partial charge in [0.15, 0.2) is 5.44 Å². The first kappa shape index (κ1) is 14.5. The summed E-state index contributed by atoms with van der Waals surface area (Å²) in [6.45, 7) is 6.09. The van der Waals surface area contributed by atoms with Crippen LogP contribution >= 0.6 is 0 Å².